The molecule has 1 aromatic carbocycles. The standard InChI is InChI=1S/C14H20FNO/c1-9(10-4-5-10)14(16-2)12-7-6-11(17-3)8-13(12)15/h6-10,14,16H,4-5H2,1-3H3. The Bertz CT molecular complexity index is 390. The highest BCUT2D eigenvalue weighted by Crippen LogP contribution is 2.43. The lowest BCUT2D eigenvalue weighted by Crippen LogP contribution is -2.25. The molecule has 1 aromatic rings. The first-order valence-corrected chi connectivity index (χ1v) is 6.18. The highest BCUT2D eigenvalue weighted by Gasteiger charge is 2.34. The molecule has 1 saturated carbocycles. The van der Waals surface area contributed by atoms with Crippen LogP contribution in [-0.2, 0) is 0 Å². The Balaban J connectivity index is 2.23. The van der Waals surface area contributed by atoms with Crippen molar-refractivity contribution in [3.8, 4) is 5.75 Å². The Labute approximate surface area is 102 Å². The molecule has 0 aromatic heterocycles. The van der Waals surface area contributed by atoms with Gasteiger partial charge >= 0.3 is 0 Å². The van der Waals surface area contributed by atoms with Crippen molar-refractivity contribution in [3.63, 3.8) is 0 Å². The van der Waals surface area contributed by atoms with Crippen molar-refractivity contribution in [2.24, 2.45) is 11.8 Å². The molecule has 3 heteroatoms. The molecule has 0 spiro atoms. The van der Waals surface area contributed by atoms with Gasteiger partial charge in [-0.05, 0) is 37.8 Å². The first-order chi connectivity index (χ1) is 8.17. The molecule has 1 aliphatic carbocycles. The Kier molecular flexibility index (Phi) is 3.67. The normalized spacial score (nSPS) is 18.8. The van der Waals surface area contributed by atoms with E-state index in [1.807, 2.05) is 19.2 Å². The van der Waals surface area contributed by atoms with Crippen LogP contribution < -0.4 is 10.1 Å². The van der Waals surface area contributed by atoms with Gasteiger partial charge in [-0.1, -0.05) is 13.0 Å². The SMILES string of the molecule is CNC(c1ccc(OC)cc1F)C(C)C1CC1. The van der Waals surface area contributed by atoms with Gasteiger partial charge in [0.15, 0.2) is 0 Å². The molecule has 2 atom stereocenters. The van der Waals surface area contributed by atoms with E-state index in [1.165, 1.54) is 18.9 Å². The summed E-state index contributed by atoms with van der Waals surface area (Å²) in [5.41, 5.74) is 0.743. The van der Waals surface area contributed by atoms with E-state index in [0.29, 0.717) is 11.7 Å². The van der Waals surface area contributed by atoms with Crippen molar-refractivity contribution in [1.29, 1.82) is 0 Å². The van der Waals surface area contributed by atoms with E-state index >= 15 is 0 Å². The zero-order valence-electron chi connectivity index (χ0n) is 10.7. The highest BCUT2D eigenvalue weighted by atomic mass is 19.1. The zero-order valence-corrected chi connectivity index (χ0v) is 10.7. The maximum atomic E-state index is 14.0. The minimum atomic E-state index is -0.184. The van der Waals surface area contributed by atoms with E-state index in [9.17, 15) is 4.39 Å². The van der Waals surface area contributed by atoms with Crippen LogP contribution in [0.5, 0.6) is 5.75 Å². The first kappa shape index (κ1) is 12.4. The fourth-order valence-electron chi connectivity index (χ4n) is 2.48. The van der Waals surface area contributed by atoms with E-state index in [0.717, 1.165) is 11.5 Å². The second kappa shape index (κ2) is 5.05. The zero-order chi connectivity index (χ0) is 12.4. The fourth-order valence-corrected chi connectivity index (χ4v) is 2.48. The molecule has 0 aliphatic heterocycles. The predicted octanol–water partition coefficient (Wildman–Crippen LogP) is 3.14. The molecule has 0 radical (unpaired) electrons. The quantitative estimate of drug-likeness (QED) is 0.849. The lowest BCUT2D eigenvalue weighted by molar-refractivity contribution is 0.356. The minimum Gasteiger partial charge on any atom is -0.497 e. The highest BCUT2D eigenvalue weighted by molar-refractivity contribution is 5.31. The molecule has 17 heavy (non-hydrogen) atoms. The monoisotopic (exact) mass is 237 g/mol. The summed E-state index contributed by atoms with van der Waals surface area (Å²) in [5.74, 6) is 1.60. The summed E-state index contributed by atoms with van der Waals surface area (Å²) in [5, 5.41) is 3.24. The Morgan fingerprint density at radius 3 is 2.59 bits per heavy atom. The predicted molar refractivity (Wildman–Crippen MR) is 66.6 cm³/mol. The molecule has 2 unspecified atom stereocenters. The van der Waals surface area contributed by atoms with Gasteiger partial charge in [0.1, 0.15) is 11.6 Å². The Hall–Kier alpha value is -1.09. The fraction of sp³-hybridized carbons (Fsp3) is 0.571. The number of halogens is 1. The van der Waals surface area contributed by atoms with Crippen LogP contribution in [0.4, 0.5) is 4.39 Å². The molecule has 1 aliphatic rings. The van der Waals surface area contributed by atoms with Crippen LogP contribution >= 0.6 is 0 Å². The maximum Gasteiger partial charge on any atom is 0.131 e. The molecule has 0 bridgehead atoms. The first-order valence-electron chi connectivity index (χ1n) is 6.18. The third-order valence-electron chi connectivity index (χ3n) is 3.75. The van der Waals surface area contributed by atoms with Crippen molar-refractivity contribution in [2.45, 2.75) is 25.8 Å². The average Bonchev–Trinajstić information content (AvgIpc) is 3.15. The molecular formula is C14H20FNO. The van der Waals surface area contributed by atoms with Gasteiger partial charge in [-0.25, -0.2) is 4.39 Å². The molecule has 0 heterocycles. The van der Waals surface area contributed by atoms with Crippen LogP contribution in [0.25, 0.3) is 0 Å². The van der Waals surface area contributed by atoms with Crippen molar-refractivity contribution < 1.29 is 9.13 Å². The van der Waals surface area contributed by atoms with Gasteiger partial charge in [0.2, 0.25) is 0 Å². The maximum absolute atomic E-state index is 14.0. The Morgan fingerprint density at radius 2 is 2.12 bits per heavy atom. The number of nitrogens with one attached hydrogen (secondary N) is 1. The second-order valence-electron chi connectivity index (χ2n) is 4.85. The van der Waals surface area contributed by atoms with Crippen LogP contribution in [0.3, 0.4) is 0 Å². The van der Waals surface area contributed by atoms with Gasteiger partial charge in [0, 0.05) is 17.7 Å². The summed E-state index contributed by atoms with van der Waals surface area (Å²) in [6.07, 6.45) is 2.55. The van der Waals surface area contributed by atoms with E-state index in [-0.39, 0.29) is 11.9 Å². The average molecular weight is 237 g/mol. The minimum absolute atomic E-state index is 0.0911. The van der Waals surface area contributed by atoms with Gasteiger partial charge in [0.25, 0.3) is 0 Å². The molecule has 2 nitrogen and oxygen atoms in total. The summed E-state index contributed by atoms with van der Waals surface area (Å²) >= 11 is 0. The van der Waals surface area contributed by atoms with Crippen LogP contribution in [0.1, 0.15) is 31.4 Å². The number of hydrogen-bond acceptors (Lipinski definition) is 2. The Morgan fingerprint density at radius 1 is 1.41 bits per heavy atom. The molecular weight excluding hydrogens is 217 g/mol. The molecule has 94 valence electrons. The van der Waals surface area contributed by atoms with Crippen molar-refractivity contribution >= 4 is 0 Å². The van der Waals surface area contributed by atoms with Gasteiger partial charge in [0.05, 0.1) is 7.11 Å². The molecule has 0 amide bonds. The summed E-state index contributed by atoms with van der Waals surface area (Å²) in [4.78, 5) is 0. The summed E-state index contributed by atoms with van der Waals surface area (Å²) in [6, 6.07) is 5.20. The number of benzene rings is 1. The third-order valence-corrected chi connectivity index (χ3v) is 3.75. The van der Waals surface area contributed by atoms with Gasteiger partial charge < -0.3 is 10.1 Å². The van der Waals surface area contributed by atoms with E-state index in [4.69, 9.17) is 4.74 Å². The molecule has 2 rings (SSSR count). The number of rotatable bonds is 5. The lowest BCUT2D eigenvalue weighted by Gasteiger charge is -2.24. The topological polar surface area (TPSA) is 21.3 Å². The van der Waals surface area contributed by atoms with Gasteiger partial charge in [-0.15, -0.1) is 0 Å². The third kappa shape index (κ3) is 2.60. The number of ether oxygens (including phenoxy) is 1. The summed E-state index contributed by atoms with van der Waals surface area (Å²) in [6.45, 7) is 2.20. The van der Waals surface area contributed by atoms with Crippen molar-refractivity contribution in [1.82, 2.24) is 5.32 Å². The van der Waals surface area contributed by atoms with Crippen molar-refractivity contribution in [2.75, 3.05) is 14.2 Å². The van der Waals surface area contributed by atoms with E-state index in [2.05, 4.69) is 12.2 Å². The molecule has 0 saturated heterocycles. The molecule has 1 N–H and O–H groups in total. The van der Waals surface area contributed by atoms with Gasteiger partial charge in [-0.3, -0.25) is 0 Å². The molecule has 1 fully saturated rings. The van der Waals surface area contributed by atoms with Crippen LogP contribution in [0, 0.1) is 17.7 Å². The summed E-state index contributed by atoms with van der Waals surface area (Å²) < 4.78 is 19.0. The second-order valence-corrected chi connectivity index (χ2v) is 4.85. The number of methoxy groups -OCH3 is 1. The number of hydrogen-bond donors (Lipinski definition) is 1. The smallest absolute Gasteiger partial charge is 0.131 e. The lowest BCUT2D eigenvalue weighted by atomic mass is 9.90. The van der Waals surface area contributed by atoms with E-state index < -0.39 is 0 Å². The van der Waals surface area contributed by atoms with Crippen molar-refractivity contribution in [3.05, 3.63) is 29.6 Å². The largest absolute Gasteiger partial charge is 0.497 e. The van der Waals surface area contributed by atoms with Gasteiger partial charge in [-0.2, -0.15) is 0 Å². The van der Waals surface area contributed by atoms with Crippen LogP contribution in [0.2, 0.25) is 0 Å². The summed E-state index contributed by atoms with van der Waals surface area (Å²) in [7, 11) is 3.45. The van der Waals surface area contributed by atoms with Crippen LogP contribution in [-0.4, -0.2) is 14.2 Å². The van der Waals surface area contributed by atoms with E-state index in [1.54, 1.807) is 7.11 Å². The van der Waals surface area contributed by atoms with Crippen LogP contribution in [0.15, 0.2) is 18.2 Å².